The molecule has 47 heteroatoms. The average molecular weight is 2380 g/mol. The number of alkyl halides is 3. The number of aromatic nitrogens is 10. The summed E-state index contributed by atoms with van der Waals surface area (Å²) in [6.45, 7) is 10.3. The molecule has 5 aromatic heterocycles. The maximum absolute atomic E-state index is 13.0. The number of aliphatic hydroxyl groups excluding tert-OH is 5. The van der Waals surface area contributed by atoms with Gasteiger partial charge in [-0.05, 0) is 81.3 Å². The van der Waals surface area contributed by atoms with Crippen molar-refractivity contribution in [3.05, 3.63) is 351 Å². The number of aromatic amines is 5. The van der Waals surface area contributed by atoms with Crippen LogP contribution in [-0.2, 0) is 52.1 Å². The minimum Gasteiger partial charge on any atom is -0.469 e. The number of aliphatic hydroxyl groups is 5. The molecule has 0 aliphatic carbocycles. The molecule has 41 nitrogen and oxygen atoms in total. The first-order valence-electron chi connectivity index (χ1n) is 39.2. The molecule has 0 bridgehead atoms. The summed E-state index contributed by atoms with van der Waals surface area (Å²) in [7, 11) is -0.446. The third-order valence-electron chi connectivity index (χ3n) is 20.2. The van der Waals surface area contributed by atoms with Crippen molar-refractivity contribution in [1.82, 2.24) is 47.8 Å². The van der Waals surface area contributed by atoms with Crippen LogP contribution in [0.25, 0.3) is 10.4 Å². The van der Waals surface area contributed by atoms with Crippen molar-refractivity contribution in [3.8, 4) is 0 Å². The van der Waals surface area contributed by atoms with E-state index in [1.807, 2.05) is 64.0 Å². The number of carbonyl (C=O) groups excluding carboxylic acids is 2. The van der Waals surface area contributed by atoms with Crippen LogP contribution in [0, 0.1) is 0 Å². The topological polar surface area (TPSA) is 560 Å². The van der Waals surface area contributed by atoms with Crippen molar-refractivity contribution in [2.24, 2.45) is 5.11 Å². The van der Waals surface area contributed by atoms with Gasteiger partial charge in [0.25, 0.3) is 27.8 Å². The molecule has 690 valence electrons. The highest BCUT2D eigenvalue weighted by Gasteiger charge is 2.61. The van der Waals surface area contributed by atoms with Gasteiger partial charge in [-0.2, -0.15) is 0 Å². The summed E-state index contributed by atoms with van der Waals surface area (Å²) in [6.07, 6.45) is -8.97. The van der Waals surface area contributed by atoms with Gasteiger partial charge in [-0.25, -0.2) is 33.6 Å². The van der Waals surface area contributed by atoms with Crippen molar-refractivity contribution < 1.29 is 87.2 Å². The Morgan fingerprint density at radius 2 is 0.777 bits per heavy atom. The van der Waals surface area contributed by atoms with Gasteiger partial charge in [0.1, 0.15) is 60.7 Å². The summed E-state index contributed by atoms with van der Waals surface area (Å²) < 4.78 is 69.3. The number of halogens is 5. The Kier molecular flexibility index (Phi) is 35.9. The predicted molar refractivity (Wildman–Crippen MR) is 510 cm³/mol. The summed E-state index contributed by atoms with van der Waals surface area (Å²) in [5.74, 6) is -3.11. The fraction of sp³-hybridized carbons (Fsp3) is 0.349. The Morgan fingerprint density at radius 1 is 0.446 bits per heavy atom. The molecule has 130 heavy (non-hydrogen) atoms. The second-order valence-electron chi connectivity index (χ2n) is 29.7. The van der Waals surface area contributed by atoms with E-state index in [4.69, 9.17) is 52.1 Å². The number of benzene rings is 5. The molecule has 0 amide bonds. The number of carbonyl (C=O) groups is 2. The molecule has 5 aromatic carbocycles. The number of nitrogens with one attached hydrogen (secondary N) is 5. The number of ether oxygens (including phenoxy) is 11. The van der Waals surface area contributed by atoms with Crippen molar-refractivity contribution in [2.75, 3.05) is 19.9 Å². The lowest BCUT2D eigenvalue weighted by molar-refractivity contribution is -0.200. The molecule has 7 aliphatic rings. The van der Waals surface area contributed by atoms with Crippen LogP contribution in [0.3, 0.4) is 0 Å². The van der Waals surface area contributed by atoms with Gasteiger partial charge in [0.05, 0.1) is 29.9 Å². The van der Waals surface area contributed by atoms with E-state index in [-0.39, 0.29) is 46.2 Å². The molecule has 0 radical (unpaired) electrons. The lowest BCUT2D eigenvalue weighted by atomic mass is 10.1. The second kappa shape index (κ2) is 46.0. The smallest absolute Gasteiger partial charge is 0.338 e. The van der Waals surface area contributed by atoms with Gasteiger partial charge in [0.2, 0.25) is 6.23 Å². The van der Waals surface area contributed by atoms with Gasteiger partial charge in [0.15, 0.2) is 54.4 Å². The molecule has 7 saturated heterocycles. The van der Waals surface area contributed by atoms with Crippen LogP contribution in [0.15, 0.2) is 278 Å². The fourth-order valence-corrected chi connectivity index (χ4v) is 18.9. The summed E-state index contributed by atoms with van der Waals surface area (Å²) in [5.41, 5.74) is 1.81. The number of azide groups is 1. The van der Waals surface area contributed by atoms with Gasteiger partial charge in [-0.15, -0.1) is 0 Å². The van der Waals surface area contributed by atoms with E-state index in [9.17, 15) is 88.6 Å². The Balaban J connectivity index is 0.000000154. The zero-order valence-corrected chi connectivity index (χ0v) is 80.4. The van der Waals surface area contributed by atoms with E-state index >= 15 is 0 Å². The highest BCUT2D eigenvalue weighted by Crippen LogP contribution is 2.46. The third kappa shape index (κ3) is 24.4. The van der Waals surface area contributed by atoms with E-state index in [1.165, 1.54) is 86.2 Å². The number of hydrogen-bond donors (Lipinski definition) is 10. The molecule has 7 aliphatic heterocycles. The molecule has 0 saturated carbocycles. The Morgan fingerprint density at radius 3 is 1.12 bits per heavy atom. The molecule has 19 atom stereocenters. The molecule has 0 spiro atoms. The standard InChI is InChI=1S/C23H18IN5O7.C18H15P.C12H15IN2O5.C12H16N2O6.C9H11IN2O5.C9H10N2O5.I2/c24-13-23(27-28-25)18(35-21(32)15-9-5-2-6-10-15)17(34-20(31)14-7-3-1-4-8-14)19(36-23)29-12-11-16(30)26-22(29)33;1-4-10-16(11-5-1)19(17-12-6-2-7-13-17)18-14-8-3-9-15-18;1-12(2)19-8-6(5-13)18-10(9(8)20-12)15-4-3-7(16)14-11(15)17;1-12(2)19-8-6(5-15)18-10(9(8)20-12)14-4-3-7(16)13-11(14)17;10-3-4-6(14)7(15)8(17-4)12-2-1-5(13)11-9(12)16;1-4-6(13)7(14)8(16-4)11-3-2-5(12)10-9(11)15;1-2/h1-12,17-19H,13H2,(H,26,30,33);1-15H;3-4,6,8-10H,5H2,1-2H3,(H,14,16,17);3-4,6,8-10,15H,5H2,1-2H3,(H,13,16,17);1-2,4,6-8,14-15H,3H2,(H,11,13,16);2-3,6-8,13-14H,1H2,(H,10,12,15);/t17-,18+,19-,23-;;2*6-,8-,9?,10-;4-,6-,7?,8-;6-,7?,8-;/m1.1111./s1. The molecule has 4 unspecified atom stereocenters. The molecule has 10 N–H and O–H groups in total. The maximum Gasteiger partial charge on any atom is 0.338 e. The van der Waals surface area contributed by atoms with E-state index in [0.29, 0.717) is 4.43 Å². The fourth-order valence-electron chi connectivity index (χ4n) is 14.4. The van der Waals surface area contributed by atoms with Crippen LogP contribution < -0.4 is 72.2 Å². The van der Waals surface area contributed by atoms with Crippen LogP contribution in [0.2, 0.25) is 0 Å². The number of H-pyrrole nitrogens is 5. The minimum atomic E-state index is -1.85. The summed E-state index contributed by atoms with van der Waals surface area (Å²) in [6, 6.07) is 54.2. The first kappa shape index (κ1) is 101. The van der Waals surface area contributed by atoms with Crippen LogP contribution >= 0.6 is 113 Å². The number of hydrogen-bond acceptors (Lipinski definition) is 29. The minimum absolute atomic E-state index is 0.0180. The van der Waals surface area contributed by atoms with E-state index in [2.05, 4.69) is 187 Å². The SMILES string of the molecule is C=C1O[C@@H](n2ccc(=O)[nH]c2=O)C(O)[C@@H]1O.CC1(C)OC2[C@H](n3ccc(=O)[nH]c3=O)O[C@H](CI)[C@H]2O1.CC1(C)OC2[C@H](n3ccc(=O)[nH]c3=O)O[C@H](CO)[C@H]2O1.II.O=c1ccn([C@@H]2O[C@H](CI)[C@@H](O)C2O)c(=O)[nH]1.[N-]=[N+]=N[C@]1(CI)O[C@@H](n2ccc(=O)[nH]c2=O)[C@H](OC(=O)c2ccccc2)[C@@H]1OC(=O)c1ccccc1.c1ccc(P(c2ccccc2)c2ccccc2)cc1. The van der Waals surface area contributed by atoms with E-state index in [0.717, 1.165) is 42.5 Å². The van der Waals surface area contributed by atoms with Gasteiger partial charge >= 0.3 is 40.4 Å². The van der Waals surface area contributed by atoms with E-state index < -0.39 is 186 Å². The molecular weight excluding hydrogens is 2290 g/mol. The van der Waals surface area contributed by atoms with Gasteiger partial charge in [0, 0.05) is 117 Å². The van der Waals surface area contributed by atoms with E-state index in [1.54, 1.807) is 50.2 Å². The molecular formula is C83H85I5N13O28P. The van der Waals surface area contributed by atoms with Gasteiger partial charge < -0.3 is 77.6 Å². The number of rotatable bonds is 17. The second-order valence-corrected chi connectivity index (χ2v) is 34.5. The highest BCUT2D eigenvalue weighted by molar-refractivity contribution is 15.0. The average Bonchev–Trinajstić information content (AvgIpc) is 1.60. The maximum atomic E-state index is 13.0. The third-order valence-corrected chi connectivity index (χ3v) is 25.5. The number of esters is 2. The van der Waals surface area contributed by atoms with Crippen molar-refractivity contribution in [2.45, 2.75) is 155 Å². The van der Waals surface area contributed by atoms with Crippen molar-refractivity contribution in [1.29, 1.82) is 0 Å². The Labute approximate surface area is 800 Å². The summed E-state index contributed by atoms with van der Waals surface area (Å²) in [4.78, 5) is 154. The zero-order valence-electron chi connectivity index (χ0n) is 68.7. The van der Waals surface area contributed by atoms with Crippen LogP contribution in [0.4, 0.5) is 0 Å². The molecule has 17 rings (SSSR count). The highest BCUT2D eigenvalue weighted by atomic mass is 128. The number of nitrogens with zero attached hydrogens (tertiary/aromatic N) is 8. The molecule has 12 heterocycles. The largest absolute Gasteiger partial charge is 0.469 e. The predicted octanol–water partition coefficient (Wildman–Crippen LogP) is 4.40. The zero-order chi connectivity index (χ0) is 94.1. The van der Waals surface area contributed by atoms with Crippen LogP contribution in [0.1, 0.15) is 79.6 Å². The van der Waals surface area contributed by atoms with Crippen molar-refractivity contribution >= 4 is 141 Å². The van der Waals surface area contributed by atoms with Crippen LogP contribution in [-0.4, -0.2) is 202 Å². The summed E-state index contributed by atoms with van der Waals surface area (Å²) >= 11 is 10.3. The Bertz CT molecular complexity index is 6030. The molecule has 10 aromatic rings. The Hall–Kier alpha value is -9.15. The van der Waals surface area contributed by atoms with Gasteiger partial charge in [-0.1, -0.05) is 207 Å². The quantitative estimate of drug-likeness (QED) is 0.0115. The first-order valence-corrected chi connectivity index (χ1v) is 51.4. The lowest BCUT2D eigenvalue weighted by Gasteiger charge is -2.28. The van der Waals surface area contributed by atoms with Gasteiger partial charge in [-0.3, -0.25) is 71.7 Å². The lowest BCUT2D eigenvalue weighted by Crippen LogP contribution is -2.47. The monoisotopic (exact) mass is 2380 g/mol. The normalized spacial score (nSPS) is 26.6. The first-order chi connectivity index (χ1) is 62.2. The van der Waals surface area contributed by atoms with Crippen LogP contribution in [0.5, 0.6) is 0 Å². The molecule has 7 fully saturated rings. The number of fused-ring (bicyclic) bond motifs is 2. The van der Waals surface area contributed by atoms with Crippen molar-refractivity contribution in [3.63, 3.8) is 0 Å². The summed E-state index contributed by atoms with van der Waals surface area (Å²) in [5, 5.41) is 55.7.